The number of ether oxygens (including phenoxy) is 1. The van der Waals surface area contributed by atoms with Gasteiger partial charge >= 0.3 is 0 Å². The van der Waals surface area contributed by atoms with Crippen molar-refractivity contribution in [1.82, 2.24) is 0 Å². The third-order valence-corrected chi connectivity index (χ3v) is 4.23. The molecule has 0 atom stereocenters. The summed E-state index contributed by atoms with van der Waals surface area (Å²) in [5, 5.41) is 3.54. The van der Waals surface area contributed by atoms with E-state index in [0.717, 1.165) is 29.6 Å². The van der Waals surface area contributed by atoms with E-state index in [4.69, 9.17) is 10.5 Å². The van der Waals surface area contributed by atoms with Crippen LogP contribution in [0.2, 0.25) is 0 Å². The van der Waals surface area contributed by atoms with Gasteiger partial charge in [-0.1, -0.05) is 25.7 Å². The fourth-order valence-electron chi connectivity index (χ4n) is 2.80. The Hall–Kier alpha value is -1.38. The second-order valence-electron chi connectivity index (χ2n) is 5.96. The highest BCUT2D eigenvalue weighted by molar-refractivity contribution is 5.68. The third-order valence-electron chi connectivity index (χ3n) is 4.23. The topological polar surface area (TPSA) is 47.3 Å². The molecule has 104 valence electrons. The predicted octanol–water partition coefficient (Wildman–Crippen LogP) is 3.80. The van der Waals surface area contributed by atoms with Gasteiger partial charge in [-0.3, -0.25) is 0 Å². The minimum absolute atomic E-state index is 0.601. The smallest absolute Gasteiger partial charge is 0.121 e. The first kappa shape index (κ1) is 12.6. The van der Waals surface area contributed by atoms with Crippen LogP contribution in [0.4, 0.5) is 11.4 Å². The van der Waals surface area contributed by atoms with Crippen molar-refractivity contribution in [2.24, 2.45) is 5.92 Å². The molecule has 2 aliphatic carbocycles. The average Bonchev–Trinajstić information content (AvgIpc) is 3.08. The third kappa shape index (κ3) is 3.55. The molecule has 0 bridgehead atoms. The Balaban J connectivity index is 1.53. The number of rotatable bonds is 6. The number of nitrogen functional groups attached to an aromatic ring is 1. The van der Waals surface area contributed by atoms with Crippen molar-refractivity contribution in [3.05, 3.63) is 18.2 Å². The first-order valence-electron chi connectivity index (χ1n) is 7.60. The lowest BCUT2D eigenvalue weighted by atomic mass is 10.2. The lowest BCUT2D eigenvalue weighted by Gasteiger charge is -2.16. The summed E-state index contributed by atoms with van der Waals surface area (Å²) in [5.41, 5.74) is 7.96. The summed E-state index contributed by atoms with van der Waals surface area (Å²) in [6.07, 6.45) is 9.14. The van der Waals surface area contributed by atoms with Gasteiger partial charge in [0, 0.05) is 12.1 Å². The zero-order chi connectivity index (χ0) is 13.1. The quantitative estimate of drug-likeness (QED) is 0.765. The molecule has 3 nitrogen and oxygen atoms in total. The zero-order valence-electron chi connectivity index (χ0n) is 11.5. The summed E-state index contributed by atoms with van der Waals surface area (Å²) in [7, 11) is 0. The standard InChI is InChI=1S/C16H24N2O/c17-15-11-14(19-10-9-12-5-6-12)7-8-16(15)18-13-3-1-2-4-13/h7-8,11-13,18H,1-6,9-10,17H2. The summed E-state index contributed by atoms with van der Waals surface area (Å²) >= 11 is 0. The molecule has 3 rings (SSSR count). The van der Waals surface area contributed by atoms with E-state index in [1.807, 2.05) is 12.1 Å². The predicted molar refractivity (Wildman–Crippen MR) is 79.6 cm³/mol. The van der Waals surface area contributed by atoms with E-state index >= 15 is 0 Å². The van der Waals surface area contributed by atoms with Crippen LogP contribution in [0.5, 0.6) is 5.75 Å². The fourth-order valence-corrected chi connectivity index (χ4v) is 2.80. The van der Waals surface area contributed by atoms with Crippen LogP contribution in [0.3, 0.4) is 0 Å². The number of nitrogens with two attached hydrogens (primary N) is 1. The molecule has 0 unspecified atom stereocenters. The lowest BCUT2D eigenvalue weighted by Crippen LogP contribution is -2.15. The van der Waals surface area contributed by atoms with Crippen molar-refractivity contribution < 1.29 is 4.74 Å². The van der Waals surface area contributed by atoms with Crippen LogP contribution in [0.15, 0.2) is 18.2 Å². The lowest BCUT2D eigenvalue weighted by molar-refractivity contribution is 0.302. The fraction of sp³-hybridized carbons (Fsp3) is 0.625. The first-order chi connectivity index (χ1) is 9.31. The van der Waals surface area contributed by atoms with E-state index in [0.29, 0.717) is 6.04 Å². The molecule has 2 aliphatic rings. The summed E-state index contributed by atoms with van der Waals surface area (Å²) < 4.78 is 5.75. The molecular weight excluding hydrogens is 236 g/mol. The number of anilines is 2. The van der Waals surface area contributed by atoms with E-state index in [9.17, 15) is 0 Å². The SMILES string of the molecule is Nc1cc(OCCC2CC2)ccc1NC1CCCC1. The van der Waals surface area contributed by atoms with Gasteiger partial charge in [-0.25, -0.2) is 0 Å². The molecule has 0 amide bonds. The molecule has 0 spiro atoms. The molecule has 2 saturated carbocycles. The maximum absolute atomic E-state index is 6.10. The van der Waals surface area contributed by atoms with Crippen LogP contribution in [0, 0.1) is 5.92 Å². The van der Waals surface area contributed by atoms with E-state index in [1.54, 1.807) is 0 Å². The van der Waals surface area contributed by atoms with E-state index in [2.05, 4.69) is 11.4 Å². The largest absolute Gasteiger partial charge is 0.494 e. The normalized spacial score (nSPS) is 19.6. The van der Waals surface area contributed by atoms with Gasteiger partial charge in [0.15, 0.2) is 0 Å². The maximum atomic E-state index is 6.10. The van der Waals surface area contributed by atoms with Gasteiger partial charge in [-0.2, -0.15) is 0 Å². The molecule has 2 fully saturated rings. The minimum atomic E-state index is 0.601. The summed E-state index contributed by atoms with van der Waals surface area (Å²) in [5.74, 6) is 1.82. The summed E-state index contributed by atoms with van der Waals surface area (Å²) in [4.78, 5) is 0. The molecule has 0 radical (unpaired) electrons. The van der Waals surface area contributed by atoms with Crippen LogP contribution in [-0.4, -0.2) is 12.6 Å². The van der Waals surface area contributed by atoms with Crippen molar-refractivity contribution in [2.45, 2.75) is 51.0 Å². The van der Waals surface area contributed by atoms with Crippen molar-refractivity contribution in [1.29, 1.82) is 0 Å². The van der Waals surface area contributed by atoms with Gasteiger partial charge < -0.3 is 15.8 Å². The Labute approximate surface area is 115 Å². The first-order valence-corrected chi connectivity index (χ1v) is 7.60. The second kappa shape index (κ2) is 5.72. The van der Waals surface area contributed by atoms with Crippen molar-refractivity contribution in [3.63, 3.8) is 0 Å². The zero-order valence-corrected chi connectivity index (χ0v) is 11.5. The molecule has 0 saturated heterocycles. The second-order valence-corrected chi connectivity index (χ2v) is 5.96. The van der Waals surface area contributed by atoms with Gasteiger partial charge in [0.05, 0.1) is 18.0 Å². The molecule has 3 N–H and O–H groups in total. The van der Waals surface area contributed by atoms with Gasteiger partial charge in [0.25, 0.3) is 0 Å². The molecule has 0 aliphatic heterocycles. The molecule has 1 aromatic carbocycles. The Morgan fingerprint density at radius 2 is 1.95 bits per heavy atom. The molecule has 3 heteroatoms. The van der Waals surface area contributed by atoms with Gasteiger partial charge in [-0.05, 0) is 37.3 Å². The molecule has 0 aromatic heterocycles. The molecular formula is C16H24N2O. The van der Waals surface area contributed by atoms with E-state index in [-0.39, 0.29) is 0 Å². The maximum Gasteiger partial charge on any atom is 0.121 e. The van der Waals surface area contributed by atoms with Gasteiger partial charge in [0.2, 0.25) is 0 Å². The number of hydrogen-bond donors (Lipinski definition) is 2. The van der Waals surface area contributed by atoms with Crippen LogP contribution < -0.4 is 15.8 Å². The molecule has 0 heterocycles. The Bertz CT molecular complexity index is 423. The highest BCUT2D eigenvalue weighted by atomic mass is 16.5. The highest BCUT2D eigenvalue weighted by Gasteiger charge is 2.20. The monoisotopic (exact) mass is 260 g/mol. The number of hydrogen-bond acceptors (Lipinski definition) is 3. The van der Waals surface area contributed by atoms with Crippen LogP contribution in [0.25, 0.3) is 0 Å². The van der Waals surface area contributed by atoms with Crippen LogP contribution >= 0.6 is 0 Å². The van der Waals surface area contributed by atoms with E-state index in [1.165, 1.54) is 44.9 Å². The average molecular weight is 260 g/mol. The Morgan fingerprint density at radius 1 is 1.16 bits per heavy atom. The van der Waals surface area contributed by atoms with Crippen molar-refractivity contribution in [2.75, 3.05) is 17.7 Å². The van der Waals surface area contributed by atoms with Crippen LogP contribution in [0.1, 0.15) is 44.9 Å². The van der Waals surface area contributed by atoms with E-state index < -0.39 is 0 Å². The minimum Gasteiger partial charge on any atom is -0.494 e. The molecule has 1 aromatic rings. The number of nitrogens with one attached hydrogen (secondary N) is 1. The number of benzene rings is 1. The van der Waals surface area contributed by atoms with Gasteiger partial charge in [0.1, 0.15) is 5.75 Å². The Kier molecular flexibility index (Phi) is 3.81. The molecule has 19 heavy (non-hydrogen) atoms. The van der Waals surface area contributed by atoms with Crippen molar-refractivity contribution >= 4 is 11.4 Å². The Morgan fingerprint density at radius 3 is 2.63 bits per heavy atom. The van der Waals surface area contributed by atoms with Crippen LogP contribution in [-0.2, 0) is 0 Å². The van der Waals surface area contributed by atoms with Crippen molar-refractivity contribution in [3.8, 4) is 5.75 Å². The highest BCUT2D eigenvalue weighted by Crippen LogP contribution is 2.33. The summed E-state index contributed by atoms with van der Waals surface area (Å²) in [6.45, 7) is 0.819. The summed E-state index contributed by atoms with van der Waals surface area (Å²) in [6, 6.07) is 6.63. The van der Waals surface area contributed by atoms with Gasteiger partial charge in [-0.15, -0.1) is 0 Å².